The maximum Gasteiger partial charge on any atom is 0.356 e. The van der Waals surface area contributed by atoms with Gasteiger partial charge < -0.3 is 5.11 Å². The number of halogens is 2. The third-order valence-electron chi connectivity index (χ3n) is 1.91. The lowest BCUT2D eigenvalue weighted by Crippen LogP contribution is -2.16. The highest BCUT2D eigenvalue weighted by molar-refractivity contribution is 9.11. The number of carbonyl (C=O) groups is 1. The topological polar surface area (TPSA) is 122 Å². The number of nitrogens with zero attached hydrogens (tertiary/aromatic N) is 3. The van der Waals surface area contributed by atoms with Crippen LogP contribution in [0.4, 0.5) is 5.82 Å². The minimum Gasteiger partial charge on any atom is -0.476 e. The molecule has 0 saturated carbocycles. The van der Waals surface area contributed by atoms with Crippen LogP contribution in [-0.2, 0) is 10.0 Å². The number of carboxylic acids is 1. The molecule has 0 aliphatic heterocycles. The van der Waals surface area contributed by atoms with Crippen LogP contribution < -0.4 is 4.72 Å². The summed E-state index contributed by atoms with van der Waals surface area (Å²) >= 11 is 6.83. The average Bonchev–Trinajstić information content (AvgIpc) is 2.82. The summed E-state index contributed by atoms with van der Waals surface area (Å²) in [5.74, 6) is -1.48. The van der Waals surface area contributed by atoms with Gasteiger partial charge in [-0.3, -0.25) is 4.72 Å². The van der Waals surface area contributed by atoms with Crippen LogP contribution >= 0.6 is 43.2 Å². The Morgan fingerprint density at radius 3 is 2.65 bits per heavy atom. The molecular formula is C8H4Br2N4O4S2. The lowest BCUT2D eigenvalue weighted by Gasteiger charge is -2.07. The third-order valence-corrected chi connectivity index (χ3v) is 5.56. The van der Waals surface area contributed by atoms with Crippen molar-refractivity contribution < 1.29 is 18.3 Å². The first-order chi connectivity index (χ1) is 9.31. The molecular weight excluding hydrogens is 440 g/mol. The molecule has 0 amide bonds. The van der Waals surface area contributed by atoms with Crippen LogP contribution in [0.2, 0.25) is 0 Å². The standard InChI is InChI=1S/C8H4Br2N4O4S2/c9-3-1-11-6(5(10)13-3)14-20(17,18)8-4(7(15)16)12-2-19-8/h1-2H,(H,11,14)(H,15,16). The first kappa shape index (κ1) is 15.3. The van der Waals surface area contributed by atoms with E-state index in [4.69, 9.17) is 5.11 Å². The Hall–Kier alpha value is -1.11. The zero-order chi connectivity index (χ0) is 14.9. The summed E-state index contributed by atoms with van der Waals surface area (Å²) in [6.07, 6.45) is 1.30. The molecule has 2 aromatic rings. The van der Waals surface area contributed by atoms with Gasteiger partial charge in [0.25, 0.3) is 10.0 Å². The van der Waals surface area contributed by atoms with Gasteiger partial charge in [-0.05, 0) is 31.9 Å². The Morgan fingerprint density at radius 1 is 1.35 bits per heavy atom. The highest BCUT2D eigenvalue weighted by Gasteiger charge is 2.26. The van der Waals surface area contributed by atoms with Crippen molar-refractivity contribution in [2.24, 2.45) is 0 Å². The molecule has 2 rings (SSSR count). The number of thiazole rings is 1. The van der Waals surface area contributed by atoms with Crippen molar-refractivity contribution in [3.05, 3.63) is 26.6 Å². The average molecular weight is 444 g/mol. The second-order valence-corrected chi connectivity index (χ2v) is 7.53. The van der Waals surface area contributed by atoms with Crippen LogP contribution in [0.5, 0.6) is 0 Å². The van der Waals surface area contributed by atoms with E-state index in [-0.39, 0.29) is 10.4 Å². The molecule has 0 aromatic carbocycles. The third kappa shape index (κ3) is 3.13. The zero-order valence-electron chi connectivity index (χ0n) is 9.24. The van der Waals surface area contributed by atoms with E-state index in [0.29, 0.717) is 15.9 Å². The number of aromatic carboxylic acids is 1. The molecule has 2 heterocycles. The van der Waals surface area contributed by atoms with E-state index < -0.39 is 25.9 Å². The number of carboxylic acid groups (broad SMARTS) is 1. The van der Waals surface area contributed by atoms with Crippen molar-refractivity contribution >= 4 is 65.0 Å². The lowest BCUT2D eigenvalue weighted by atomic mass is 10.5. The Kier molecular flexibility index (Phi) is 4.36. The molecule has 0 unspecified atom stereocenters. The van der Waals surface area contributed by atoms with Gasteiger partial charge in [-0.15, -0.1) is 11.3 Å². The summed E-state index contributed by atoms with van der Waals surface area (Å²) in [7, 11) is -4.10. The van der Waals surface area contributed by atoms with Gasteiger partial charge in [-0.2, -0.15) is 0 Å². The normalized spacial score (nSPS) is 11.3. The van der Waals surface area contributed by atoms with E-state index in [1.54, 1.807) is 0 Å². The van der Waals surface area contributed by atoms with Crippen LogP contribution in [0.15, 0.2) is 25.1 Å². The molecule has 106 valence electrons. The van der Waals surface area contributed by atoms with Crippen LogP contribution in [0, 0.1) is 0 Å². The van der Waals surface area contributed by atoms with Crippen LogP contribution in [0.25, 0.3) is 0 Å². The molecule has 0 aliphatic rings. The molecule has 0 radical (unpaired) electrons. The second-order valence-electron chi connectivity index (χ2n) is 3.23. The van der Waals surface area contributed by atoms with Gasteiger partial charge in [0.15, 0.2) is 20.3 Å². The summed E-state index contributed by atoms with van der Waals surface area (Å²) < 4.78 is 26.6. The van der Waals surface area contributed by atoms with Crippen molar-refractivity contribution in [1.82, 2.24) is 15.0 Å². The molecule has 8 nitrogen and oxygen atoms in total. The molecule has 2 N–H and O–H groups in total. The second kappa shape index (κ2) is 5.71. The Balaban J connectivity index is 2.41. The summed E-state index contributed by atoms with van der Waals surface area (Å²) in [4.78, 5) is 22.2. The van der Waals surface area contributed by atoms with Crippen LogP contribution in [0.3, 0.4) is 0 Å². The molecule has 0 spiro atoms. The molecule has 0 atom stereocenters. The van der Waals surface area contributed by atoms with Crippen molar-refractivity contribution in [1.29, 1.82) is 0 Å². The fourth-order valence-corrected chi connectivity index (χ4v) is 4.36. The van der Waals surface area contributed by atoms with Crippen LogP contribution in [-0.4, -0.2) is 34.4 Å². The van der Waals surface area contributed by atoms with E-state index in [1.807, 2.05) is 0 Å². The number of anilines is 1. The van der Waals surface area contributed by atoms with Crippen molar-refractivity contribution in [3.63, 3.8) is 0 Å². The predicted octanol–water partition coefficient (Wildman–Crippen LogP) is 1.96. The largest absolute Gasteiger partial charge is 0.476 e. The number of nitrogens with one attached hydrogen (secondary N) is 1. The number of aromatic nitrogens is 3. The SMILES string of the molecule is O=C(O)c1ncsc1S(=O)(=O)Nc1ncc(Br)nc1Br. The van der Waals surface area contributed by atoms with E-state index in [9.17, 15) is 13.2 Å². The van der Waals surface area contributed by atoms with Gasteiger partial charge in [-0.1, -0.05) is 0 Å². The molecule has 2 aromatic heterocycles. The molecule has 0 aliphatic carbocycles. The van der Waals surface area contributed by atoms with Crippen molar-refractivity contribution in [3.8, 4) is 0 Å². The highest BCUT2D eigenvalue weighted by Crippen LogP contribution is 2.26. The number of hydrogen-bond donors (Lipinski definition) is 2. The van der Waals surface area contributed by atoms with E-state index in [2.05, 4.69) is 51.5 Å². The fraction of sp³-hybridized carbons (Fsp3) is 0. The highest BCUT2D eigenvalue weighted by atomic mass is 79.9. The minimum absolute atomic E-state index is 0.0575. The van der Waals surface area contributed by atoms with Gasteiger partial charge >= 0.3 is 5.97 Å². The van der Waals surface area contributed by atoms with E-state index >= 15 is 0 Å². The molecule has 20 heavy (non-hydrogen) atoms. The Morgan fingerprint density at radius 2 is 2.05 bits per heavy atom. The van der Waals surface area contributed by atoms with Gasteiger partial charge in [0, 0.05) is 0 Å². The van der Waals surface area contributed by atoms with Crippen molar-refractivity contribution in [2.75, 3.05) is 4.72 Å². The molecule has 0 bridgehead atoms. The van der Waals surface area contributed by atoms with Gasteiger partial charge in [0.05, 0.1) is 11.7 Å². The molecule has 0 saturated heterocycles. The zero-order valence-corrected chi connectivity index (χ0v) is 14.0. The predicted molar refractivity (Wildman–Crippen MR) is 77.3 cm³/mol. The summed E-state index contributed by atoms with van der Waals surface area (Å²) in [6.45, 7) is 0. The lowest BCUT2D eigenvalue weighted by molar-refractivity contribution is 0.0687. The number of rotatable bonds is 4. The van der Waals surface area contributed by atoms with E-state index in [1.165, 1.54) is 6.20 Å². The van der Waals surface area contributed by atoms with Gasteiger partial charge in [0.1, 0.15) is 4.60 Å². The maximum absolute atomic E-state index is 12.1. The summed E-state index contributed by atoms with van der Waals surface area (Å²) in [5.41, 5.74) is 0.601. The first-order valence-corrected chi connectivity index (χ1v) is 8.64. The maximum atomic E-state index is 12.1. The quantitative estimate of drug-likeness (QED) is 0.740. The Labute approximate surface area is 133 Å². The number of sulfonamides is 1. The van der Waals surface area contributed by atoms with Crippen LogP contribution in [0.1, 0.15) is 10.5 Å². The molecule has 12 heteroatoms. The first-order valence-electron chi connectivity index (χ1n) is 4.69. The Bertz CT molecular complexity index is 777. The van der Waals surface area contributed by atoms with Crippen molar-refractivity contribution in [2.45, 2.75) is 4.21 Å². The van der Waals surface area contributed by atoms with Gasteiger partial charge in [-0.25, -0.2) is 28.2 Å². The minimum atomic E-state index is -4.10. The smallest absolute Gasteiger partial charge is 0.356 e. The number of hydrogen-bond acceptors (Lipinski definition) is 7. The fourth-order valence-electron chi connectivity index (χ4n) is 1.16. The summed E-state index contributed by atoms with van der Waals surface area (Å²) in [6, 6.07) is 0. The van der Waals surface area contributed by atoms with E-state index in [0.717, 1.165) is 5.51 Å². The van der Waals surface area contributed by atoms with Gasteiger partial charge in [0.2, 0.25) is 0 Å². The monoisotopic (exact) mass is 442 g/mol. The molecule has 0 fully saturated rings. The summed E-state index contributed by atoms with van der Waals surface area (Å²) in [5, 5.41) is 8.88.